The van der Waals surface area contributed by atoms with Crippen LogP contribution in [0.2, 0.25) is 0 Å². The number of oxime groups is 1. The van der Waals surface area contributed by atoms with Crippen LogP contribution >= 0.6 is 0 Å². The number of allylic oxidation sites excluding steroid dienone is 2. The van der Waals surface area contributed by atoms with Gasteiger partial charge in [0.15, 0.2) is 0 Å². The fraction of sp³-hybridized carbons (Fsp3) is 0.727. The Balaban J connectivity index is 3.89. The van der Waals surface area contributed by atoms with Crippen LogP contribution in [0.5, 0.6) is 0 Å². The van der Waals surface area contributed by atoms with E-state index in [2.05, 4.69) is 32.0 Å². The van der Waals surface area contributed by atoms with Gasteiger partial charge in [-0.3, -0.25) is 0 Å². The quantitative estimate of drug-likeness (QED) is 0.233. The fourth-order valence-electron chi connectivity index (χ4n) is 1.13. The maximum Gasteiger partial charge on any atom is 0.0624 e. The molecule has 0 atom stereocenters. The highest BCUT2D eigenvalue weighted by Gasteiger charge is 2.18. The molecule has 2 nitrogen and oxygen atoms in total. The van der Waals surface area contributed by atoms with Crippen LogP contribution in [0.25, 0.3) is 0 Å². The Labute approximate surface area is 81.3 Å². The van der Waals surface area contributed by atoms with Crippen molar-refractivity contribution in [1.29, 1.82) is 0 Å². The van der Waals surface area contributed by atoms with Crippen molar-refractivity contribution in [3.8, 4) is 0 Å². The summed E-state index contributed by atoms with van der Waals surface area (Å²) in [6, 6.07) is 0. The van der Waals surface area contributed by atoms with Gasteiger partial charge in [-0.25, -0.2) is 0 Å². The highest BCUT2D eigenvalue weighted by atomic mass is 16.4. The minimum atomic E-state index is -0.00925. The molecule has 0 aliphatic rings. The zero-order valence-corrected chi connectivity index (χ0v) is 9.17. The minimum Gasteiger partial charge on any atom is -0.411 e. The molecular weight excluding hydrogens is 162 g/mol. The molecule has 1 N–H and O–H groups in total. The summed E-state index contributed by atoms with van der Waals surface area (Å²) in [7, 11) is 0. The summed E-state index contributed by atoms with van der Waals surface area (Å²) in [6.07, 6.45) is 7.18. The molecule has 0 amide bonds. The standard InChI is InChI=1S/C11H21NO/c1-5-6-7-8-9-10(12-13)11(2,3)4/h5-6,13H,7-9H2,1-4H3/b6-5+,12-10-. The molecule has 0 aliphatic heterocycles. The molecule has 0 unspecified atom stereocenters. The van der Waals surface area contributed by atoms with Gasteiger partial charge in [0.2, 0.25) is 0 Å². The minimum absolute atomic E-state index is 0.00925. The van der Waals surface area contributed by atoms with Crippen LogP contribution in [0.3, 0.4) is 0 Å². The third-order valence-corrected chi connectivity index (χ3v) is 2.01. The average Bonchev–Trinajstić information content (AvgIpc) is 2.02. The Morgan fingerprint density at radius 3 is 2.38 bits per heavy atom. The number of unbranched alkanes of at least 4 members (excludes halogenated alkanes) is 1. The van der Waals surface area contributed by atoms with E-state index in [4.69, 9.17) is 5.21 Å². The monoisotopic (exact) mass is 183 g/mol. The number of hydrogen-bond donors (Lipinski definition) is 1. The smallest absolute Gasteiger partial charge is 0.0624 e. The van der Waals surface area contributed by atoms with Crippen LogP contribution in [0.4, 0.5) is 0 Å². The fourth-order valence-corrected chi connectivity index (χ4v) is 1.13. The third kappa shape index (κ3) is 5.45. The molecule has 0 rings (SSSR count). The van der Waals surface area contributed by atoms with Gasteiger partial charge >= 0.3 is 0 Å². The van der Waals surface area contributed by atoms with Crippen molar-refractivity contribution in [1.82, 2.24) is 0 Å². The Morgan fingerprint density at radius 2 is 2.00 bits per heavy atom. The zero-order chi connectivity index (χ0) is 10.3. The summed E-state index contributed by atoms with van der Waals surface area (Å²) in [6.45, 7) is 8.22. The Kier molecular flexibility index (Phi) is 5.44. The normalized spacial score (nSPS) is 14.0. The van der Waals surface area contributed by atoms with Crippen LogP contribution in [-0.4, -0.2) is 10.9 Å². The van der Waals surface area contributed by atoms with Gasteiger partial charge < -0.3 is 5.21 Å². The predicted molar refractivity (Wildman–Crippen MR) is 57.3 cm³/mol. The first-order chi connectivity index (χ1) is 6.02. The van der Waals surface area contributed by atoms with E-state index in [1.165, 1.54) is 0 Å². The number of hydrogen-bond acceptors (Lipinski definition) is 2. The van der Waals surface area contributed by atoms with E-state index in [1.807, 2.05) is 13.0 Å². The molecule has 0 aromatic rings. The van der Waals surface area contributed by atoms with Crippen molar-refractivity contribution in [3.63, 3.8) is 0 Å². The lowest BCUT2D eigenvalue weighted by molar-refractivity contribution is 0.308. The highest BCUT2D eigenvalue weighted by Crippen LogP contribution is 2.19. The highest BCUT2D eigenvalue weighted by molar-refractivity contribution is 5.88. The first kappa shape index (κ1) is 12.2. The van der Waals surface area contributed by atoms with Gasteiger partial charge in [-0.05, 0) is 26.2 Å². The lowest BCUT2D eigenvalue weighted by Gasteiger charge is -2.19. The second-order valence-corrected chi connectivity index (χ2v) is 4.26. The summed E-state index contributed by atoms with van der Waals surface area (Å²) in [4.78, 5) is 0. The van der Waals surface area contributed by atoms with Crippen LogP contribution in [0.1, 0.15) is 47.0 Å². The van der Waals surface area contributed by atoms with Crippen molar-refractivity contribution < 1.29 is 5.21 Å². The van der Waals surface area contributed by atoms with Gasteiger partial charge in [0.1, 0.15) is 0 Å². The van der Waals surface area contributed by atoms with Crippen LogP contribution in [0, 0.1) is 5.41 Å². The maximum atomic E-state index is 8.79. The van der Waals surface area contributed by atoms with E-state index < -0.39 is 0 Å². The summed E-state index contributed by atoms with van der Waals surface area (Å²) >= 11 is 0. The molecule has 13 heavy (non-hydrogen) atoms. The van der Waals surface area contributed by atoms with Gasteiger partial charge in [-0.2, -0.15) is 0 Å². The lowest BCUT2D eigenvalue weighted by atomic mass is 9.87. The summed E-state index contributed by atoms with van der Waals surface area (Å²) < 4.78 is 0. The molecule has 0 radical (unpaired) electrons. The van der Waals surface area contributed by atoms with Crippen LogP contribution in [0.15, 0.2) is 17.3 Å². The van der Waals surface area contributed by atoms with Gasteiger partial charge in [0, 0.05) is 5.41 Å². The van der Waals surface area contributed by atoms with E-state index in [9.17, 15) is 0 Å². The van der Waals surface area contributed by atoms with Crippen molar-refractivity contribution in [3.05, 3.63) is 12.2 Å². The molecule has 2 heteroatoms. The largest absolute Gasteiger partial charge is 0.411 e. The Bertz CT molecular complexity index is 187. The first-order valence-electron chi connectivity index (χ1n) is 4.85. The number of nitrogens with zero attached hydrogens (tertiary/aromatic N) is 1. The molecular formula is C11H21NO. The van der Waals surface area contributed by atoms with E-state index >= 15 is 0 Å². The first-order valence-corrected chi connectivity index (χ1v) is 4.85. The van der Waals surface area contributed by atoms with Crippen molar-refractivity contribution >= 4 is 5.71 Å². The van der Waals surface area contributed by atoms with E-state index in [1.54, 1.807) is 0 Å². The molecule has 76 valence electrons. The molecule has 0 aromatic carbocycles. The molecule has 0 saturated heterocycles. The van der Waals surface area contributed by atoms with Crippen molar-refractivity contribution in [2.24, 2.45) is 10.6 Å². The summed E-state index contributed by atoms with van der Waals surface area (Å²) in [5, 5.41) is 12.1. The van der Waals surface area contributed by atoms with Crippen LogP contribution < -0.4 is 0 Å². The van der Waals surface area contributed by atoms with Crippen LogP contribution in [-0.2, 0) is 0 Å². The molecule has 0 saturated carbocycles. The second kappa shape index (κ2) is 5.79. The average molecular weight is 183 g/mol. The molecule has 0 heterocycles. The predicted octanol–water partition coefficient (Wildman–Crippen LogP) is 3.61. The Hall–Kier alpha value is -0.790. The summed E-state index contributed by atoms with van der Waals surface area (Å²) in [5.74, 6) is 0. The number of rotatable bonds is 4. The van der Waals surface area contributed by atoms with Gasteiger partial charge in [0.25, 0.3) is 0 Å². The van der Waals surface area contributed by atoms with Gasteiger partial charge in [-0.15, -0.1) is 0 Å². The topological polar surface area (TPSA) is 32.6 Å². The third-order valence-electron chi connectivity index (χ3n) is 2.01. The van der Waals surface area contributed by atoms with E-state index in [-0.39, 0.29) is 5.41 Å². The van der Waals surface area contributed by atoms with E-state index in [0.717, 1.165) is 25.0 Å². The van der Waals surface area contributed by atoms with Gasteiger partial charge in [-0.1, -0.05) is 38.1 Å². The second-order valence-electron chi connectivity index (χ2n) is 4.26. The van der Waals surface area contributed by atoms with E-state index in [0.29, 0.717) is 0 Å². The molecule has 0 aromatic heterocycles. The maximum absolute atomic E-state index is 8.79. The van der Waals surface area contributed by atoms with Gasteiger partial charge in [0.05, 0.1) is 5.71 Å². The molecule has 0 fully saturated rings. The molecule has 0 spiro atoms. The van der Waals surface area contributed by atoms with Crippen molar-refractivity contribution in [2.45, 2.75) is 47.0 Å². The lowest BCUT2D eigenvalue weighted by Crippen LogP contribution is -2.20. The molecule has 0 aliphatic carbocycles. The zero-order valence-electron chi connectivity index (χ0n) is 9.17. The summed E-state index contributed by atoms with van der Waals surface area (Å²) in [5.41, 5.74) is 0.877. The Morgan fingerprint density at radius 1 is 1.38 bits per heavy atom. The molecule has 0 bridgehead atoms. The SMILES string of the molecule is C/C=C/CCC/C(=N/O)C(C)(C)C. The van der Waals surface area contributed by atoms with Crippen molar-refractivity contribution in [2.75, 3.05) is 0 Å².